The molecule has 2 aromatic heterocycles. The Morgan fingerprint density at radius 1 is 1.21 bits per heavy atom. The molecule has 0 radical (unpaired) electrons. The molecule has 24 heavy (non-hydrogen) atoms. The highest BCUT2D eigenvalue weighted by Crippen LogP contribution is 2.21. The van der Waals surface area contributed by atoms with Gasteiger partial charge in [0.05, 0.1) is 36.8 Å². The zero-order valence-electron chi connectivity index (χ0n) is 13.4. The monoisotopic (exact) mass is 342 g/mol. The second-order valence-electron chi connectivity index (χ2n) is 5.45. The Balaban J connectivity index is 1.70. The van der Waals surface area contributed by atoms with E-state index in [2.05, 4.69) is 15.4 Å². The number of methoxy groups -OCH3 is 1. The smallest absolute Gasteiger partial charge is 0.0832 e. The summed E-state index contributed by atoms with van der Waals surface area (Å²) in [5.74, 6) is 0. The van der Waals surface area contributed by atoms with E-state index < -0.39 is 0 Å². The van der Waals surface area contributed by atoms with Crippen molar-refractivity contribution in [3.63, 3.8) is 0 Å². The summed E-state index contributed by atoms with van der Waals surface area (Å²) in [6, 6.07) is 13.6. The molecule has 3 rings (SSSR count). The molecule has 6 heteroatoms. The van der Waals surface area contributed by atoms with E-state index in [0.717, 1.165) is 22.0 Å². The number of halogens is 1. The summed E-state index contributed by atoms with van der Waals surface area (Å²) in [7, 11) is 1.69. The van der Waals surface area contributed by atoms with Crippen LogP contribution >= 0.6 is 11.6 Å². The average molecular weight is 343 g/mol. The summed E-state index contributed by atoms with van der Waals surface area (Å²) >= 11 is 5.96. The first-order chi connectivity index (χ1) is 11.7. The molecule has 0 amide bonds. The highest BCUT2D eigenvalue weighted by Gasteiger charge is 2.12. The van der Waals surface area contributed by atoms with Crippen molar-refractivity contribution in [2.45, 2.75) is 12.6 Å². The van der Waals surface area contributed by atoms with Crippen LogP contribution in [-0.2, 0) is 11.3 Å². The fourth-order valence-electron chi connectivity index (χ4n) is 2.47. The lowest BCUT2D eigenvalue weighted by Gasteiger charge is -2.18. The molecule has 1 unspecified atom stereocenters. The minimum Gasteiger partial charge on any atom is -0.382 e. The molecule has 2 heterocycles. The molecule has 0 aliphatic carbocycles. The molecule has 124 valence electrons. The van der Waals surface area contributed by atoms with Gasteiger partial charge >= 0.3 is 0 Å². The molecule has 0 saturated heterocycles. The van der Waals surface area contributed by atoms with Crippen LogP contribution in [0.25, 0.3) is 0 Å². The molecule has 0 aliphatic rings. The summed E-state index contributed by atoms with van der Waals surface area (Å²) in [6.07, 6.45) is 5.56. The van der Waals surface area contributed by atoms with Gasteiger partial charge in [0.1, 0.15) is 0 Å². The number of benzene rings is 1. The van der Waals surface area contributed by atoms with Crippen LogP contribution in [0.15, 0.2) is 61.1 Å². The molecule has 5 nitrogen and oxygen atoms in total. The number of rotatable bonds is 7. The van der Waals surface area contributed by atoms with Crippen LogP contribution in [0, 0.1) is 0 Å². The third-order valence-corrected chi connectivity index (χ3v) is 3.88. The van der Waals surface area contributed by atoms with E-state index in [1.54, 1.807) is 13.3 Å². The Morgan fingerprint density at radius 3 is 2.75 bits per heavy atom. The zero-order chi connectivity index (χ0) is 16.8. The van der Waals surface area contributed by atoms with Gasteiger partial charge in [-0.15, -0.1) is 0 Å². The van der Waals surface area contributed by atoms with Gasteiger partial charge in [-0.25, -0.2) is 0 Å². The summed E-state index contributed by atoms with van der Waals surface area (Å²) in [6.45, 7) is 1.19. The maximum atomic E-state index is 5.96. The van der Waals surface area contributed by atoms with Crippen molar-refractivity contribution < 1.29 is 4.74 Å². The molecular formula is C18H19ClN4O. The summed E-state index contributed by atoms with van der Waals surface area (Å²) < 4.78 is 7.19. The van der Waals surface area contributed by atoms with Crippen molar-refractivity contribution in [1.29, 1.82) is 0 Å². The van der Waals surface area contributed by atoms with Crippen LogP contribution in [0.4, 0.5) is 5.69 Å². The lowest BCUT2D eigenvalue weighted by molar-refractivity contribution is 0.186. The van der Waals surface area contributed by atoms with Gasteiger partial charge in [-0.1, -0.05) is 29.8 Å². The maximum Gasteiger partial charge on any atom is 0.0832 e. The van der Waals surface area contributed by atoms with Crippen LogP contribution in [0.1, 0.15) is 17.3 Å². The number of aromatic nitrogens is 3. The van der Waals surface area contributed by atoms with Crippen LogP contribution in [-0.4, -0.2) is 28.5 Å². The topological polar surface area (TPSA) is 52.0 Å². The number of anilines is 1. The summed E-state index contributed by atoms with van der Waals surface area (Å²) in [5, 5.41) is 8.56. The first kappa shape index (κ1) is 16.5. The first-order valence-corrected chi connectivity index (χ1v) is 8.05. The highest BCUT2D eigenvalue weighted by atomic mass is 35.5. The molecule has 1 N–H and O–H groups in total. The Kier molecular flexibility index (Phi) is 5.46. The molecule has 1 atom stereocenters. The minimum atomic E-state index is 0.0276. The normalized spacial score (nSPS) is 12.1. The van der Waals surface area contributed by atoms with Gasteiger partial charge in [0.15, 0.2) is 0 Å². The van der Waals surface area contributed by atoms with Gasteiger partial charge in [-0.2, -0.15) is 5.10 Å². The fraction of sp³-hybridized carbons (Fsp3) is 0.222. The molecular weight excluding hydrogens is 324 g/mol. The lowest BCUT2D eigenvalue weighted by Crippen LogP contribution is -2.16. The summed E-state index contributed by atoms with van der Waals surface area (Å²) in [4.78, 5) is 4.32. The Bertz CT molecular complexity index is 758. The summed E-state index contributed by atoms with van der Waals surface area (Å²) in [5.41, 5.74) is 3.01. The molecule has 0 spiro atoms. The minimum absolute atomic E-state index is 0.0276. The number of hydrogen-bond acceptors (Lipinski definition) is 4. The largest absolute Gasteiger partial charge is 0.382 e. The Labute approximate surface area is 146 Å². The number of nitrogens with zero attached hydrogens (tertiary/aromatic N) is 3. The Morgan fingerprint density at radius 2 is 2.04 bits per heavy atom. The van der Waals surface area contributed by atoms with E-state index in [0.29, 0.717) is 13.2 Å². The van der Waals surface area contributed by atoms with Crippen molar-refractivity contribution in [2.75, 3.05) is 19.0 Å². The fourth-order valence-corrected chi connectivity index (χ4v) is 2.59. The molecule has 0 bridgehead atoms. The van der Waals surface area contributed by atoms with Gasteiger partial charge in [0.25, 0.3) is 0 Å². The number of nitrogens with one attached hydrogen (secondary N) is 1. The SMILES string of the molecule is COCC(Nc1cnn(Cc2ccccn2)c1)c1ccc(Cl)cc1. The van der Waals surface area contributed by atoms with Crippen LogP contribution in [0.3, 0.4) is 0 Å². The highest BCUT2D eigenvalue weighted by molar-refractivity contribution is 6.30. The van der Waals surface area contributed by atoms with Crippen LogP contribution in [0.2, 0.25) is 5.02 Å². The van der Waals surface area contributed by atoms with E-state index in [1.165, 1.54) is 0 Å². The first-order valence-electron chi connectivity index (χ1n) is 7.68. The van der Waals surface area contributed by atoms with E-state index in [9.17, 15) is 0 Å². The quantitative estimate of drug-likeness (QED) is 0.710. The van der Waals surface area contributed by atoms with Gasteiger partial charge in [-0.3, -0.25) is 9.67 Å². The third kappa shape index (κ3) is 4.34. The predicted octanol–water partition coefficient (Wildman–Crippen LogP) is 3.78. The molecule has 0 fully saturated rings. The standard InChI is InChI=1S/C18H19ClN4O/c1-24-13-18(14-5-7-15(19)8-6-14)22-17-10-21-23(12-17)11-16-4-2-3-9-20-16/h2-10,12,18,22H,11,13H2,1H3. The third-order valence-electron chi connectivity index (χ3n) is 3.63. The van der Waals surface area contributed by atoms with Crippen molar-refractivity contribution in [2.24, 2.45) is 0 Å². The van der Waals surface area contributed by atoms with E-state index in [4.69, 9.17) is 16.3 Å². The molecule has 1 aromatic carbocycles. The van der Waals surface area contributed by atoms with Crippen molar-refractivity contribution in [3.8, 4) is 0 Å². The van der Waals surface area contributed by atoms with Gasteiger partial charge in [-0.05, 0) is 29.8 Å². The van der Waals surface area contributed by atoms with Crippen molar-refractivity contribution in [1.82, 2.24) is 14.8 Å². The van der Waals surface area contributed by atoms with Crippen LogP contribution < -0.4 is 5.32 Å². The molecule has 0 saturated carbocycles. The van der Waals surface area contributed by atoms with E-state index in [-0.39, 0.29) is 6.04 Å². The second-order valence-corrected chi connectivity index (χ2v) is 5.89. The maximum absolute atomic E-state index is 5.96. The molecule has 3 aromatic rings. The van der Waals surface area contributed by atoms with Crippen molar-refractivity contribution >= 4 is 17.3 Å². The van der Waals surface area contributed by atoms with E-state index in [1.807, 2.05) is 59.5 Å². The van der Waals surface area contributed by atoms with E-state index >= 15 is 0 Å². The predicted molar refractivity (Wildman–Crippen MR) is 95.3 cm³/mol. The lowest BCUT2D eigenvalue weighted by atomic mass is 10.1. The second kappa shape index (κ2) is 7.95. The van der Waals surface area contributed by atoms with Gasteiger partial charge in [0, 0.05) is 24.5 Å². The number of ether oxygens (including phenoxy) is 1. The van der Waals surface area contributed by atoms with Crippen LogP contribution in [0.5, 0.6) is 0 Å². The number of hydrogen-bond donors (Lipinski definition) is 1. The number of pyridine rings is 1. The molecule has 0 aliphatic heterocycles. The average Bonchev–Trinajstić information content (AvgIpc) is 3.03. The van der Waals surface area contributed by atoms with Gasteiger partial charge in [0.2, 0.25) is 0 Å². The van der Waals surface area contributed by atoms with Gasteiger partial charge < -0.3 is 10.1 Å². The van der Waals surface area contributed by atoms with Crippen molar-refractivity contribution in [3.05, 3.63) is 77.3 Å². The zero-order valence-corrected chi connectivity index (χ0v) is 14.1. The Hall–Kier alpha value is -2.37.